The van der Waals surface area contributed by atoms with Gasteiger partial charge < -0.3 is 15.7 Å². The van der Waals surface area contributed by atoms with Gasteiger partial charge in [0.15, 0.2) is 0 Å². The fourth-order valence-corrected chi connectivity index (χ4v) is 2.25. The molecule has 0 spiro atoms. The van der Waals surface area contributed by atoms with Crippen molar-refractivity contribution in [1.82, 2.24) is 4.90 Å². The van der Waals surface area contributed by atoms with E-state index in [0.717, 1.165) is 19.4 Å². The van der Waals surface area contributed by atoms with E-state index < -0.39 is 6.04 Å². The van der Waals surface area contributed by atoms with E-state index in [1.807, 2.05) is 13.8 Å². The van der Waals surface area contributed by atoms with Crippen molar-refractivity contribution in [3.63, 3.8) is 0 Å². The highest BCUT2D eigenvalue weighted by Gasteiger charge is 2.36. The van der Waals surface area contributed by atoms with Crippen LogP contribution in [-0.2, 0) is 4.79 Å². The molecule has 1 fully saturated rings. The van der Waals surface area contributed by atoms with Crippen LogP contribution in [0.25, 0.3) is 0 Å². The Morgan fingerprint density at radius 1 is 1.62 bits per heavy atom. The third-order valence-corrected chi connectivity index (χ3v) is 3.89. The van der Waals surface area contributed by atoms with Crippen molar-refractivity contribution >= 4 is 5.91 Å². The van der Waals surface area contributed by atoms with Gasteiger partial charge in [-0.15, -0.1) is 0 Å². The van der Waals surface area contributed by atoms with Gasteiger partial charge in [0.1, 0.15) is 0 Å². The highest BCUT2D eigenvalue weighted by molar-refractivity contribution is 5.82. The molecule has 4 atom stereocenters. The Kier molecular flexibility index (Phi) is 4.74. The Bertz CT molecular complexity index is 245. The monoisotopic (exact) mass is 228 g/mol. The Hall–Kier alpha value is -0.610. The van der Waals surface area contributed by atoms with E-state index in [4.69, 9.17) is 5.73 Å². The summed E-state index contributed by atoms with van der Waals surface area (Å²) < 4.78 is 0. The van der Waals surface area contributed by atoms with Gasteiger partial charge in [-0.3, -0.25) is 4.79 Å². The van der Waals surface area contributed by atoms with Crippen molar-refractivity contribution in [3.05, 3.63) is 0 Å². The maximum Gasteiger partial charge on any atom is 0.240 e. The zero-order valence-corrected chi connectivity index (χ0v) is 10.5. The number of carbonyl (C=O) groups excluding carboxylic acids is 1. The summed E-state index contributed by atoms with van der Waals surface area (Å²) in [6.07, 6.45) is 1.87. The molecule has 94 valence electrons. The second-order valence-electron chi connectivity index (χ2n) is 4.96. The summed E-state index contributed by atoms with van der Waals surface area (Å²) >= 11 is 0. The minimum absolute atomic E-state index is 0.00208. The number of likely N-dealkylation sites (tertiary alicyclic amines) is 1. The molecule has 0 aliphatic carbocycles. The van der Waals surface area contributed by atoms with Crippen molar-refractivity contribution in [2.75, 3.05) is 13.2 Å². The van der Waals surface area contributed by atoms with Gasteiger partial charge in [0.25, 0.3) is 0 Å². The van der Waals surface area contributed by atoms with E-state index in [1.165, 1.54) is 0 Å². The first-order valence-corrected chi connectivity index (χ1v) is 6.19. The summed E-state index contributed by atoms with van der Waals surface area (Å²) in [6, 6.07) is -0.466. The maximum atomic E-state index is 12.2. The number of rotatable bonds is 4. The molecule has 4 nitrogen and oxygen atoms in total. The lowest BCUT2D eigenvalue weighted by atomic mass is 9.98. The number of nitrogens with two attached hydrogens (primary N) is 1. The van der Waals surface area contributed by atoms with Crippen LogP contribution in [0.15, 0.2) is 0 Å². The third kappa shape index (κ3) is 2.55. The predicted molar refractivity (Wildman–Crippen MR) is 63.8 cm³/mol. The number of aliphatic hydroxyl groups is 1. The van der Waals surface area contributed by atoms with Crippen LogP contribution in [0.4, 0.5) is 0 Å². The molecule has 1 rings (SSSR count). The average molecular weight is 228 g/mol. The molecule has 4 heteroatoms. The van der Waals surface area contributed by atoms with E-state index in [1.54, 1.807) is 4.90 Å². The third-order valence-electron chi connectivity index (χ3n) is 3.89. The molecule has 4 unspecified atom stereocenters. The van der Waals surface area contributed by atoms with E-state index in [2.05, 4.69) is 6.92 Å². The van der Waals surface area contributed by atoms with Crippen LogP contribution in [0.5, 0.6) is 0 Å². The van der Waals surface area contributed by atoms with Crippen molar-refractivity contribution < 1.29 is 9.90 Å². The fraction of sp³-hybridized carbons (Fsp3) is 0.917. The largest absolute Gasteiger partial charge is 0.394 e. The highest BCUT2D eigenvalue weighted by atomic mass is 16.3. The lowest BCUT2D eigenvalue weighted by molar-refractivity contribution is -0.135. The van der Waals surface area contributed by atoms with Crippen molar-refractivity contribution in [2.45, 2.75) is 45.7 Å². The normalized spacial score (nSPS) is 29.2. The topological polar surface area (TPSA) is 66.6 Å². The molecule has 1 aliphatic heterocycles. The average Bonchev–Trinajstić information content (AvgIpc) is 2.67. The van der Waals surface area contributed by atoms with Gasteiger partial charge in [0.05, 0.1) is 18.7 Å². The van der Waals surface area contributed by atoms with Gasteiger partial charge in [-0.25, -0.2) is 0 Å². The maximum absolute atomic E-state index is 12.2. The molecule has 1 saturated heterocycles. The summed E-state index contributed by atoms with van der Waals surface area (Å²) in [5, 5.41) is 9.30. The SMILES string of the molecule is CCC(C)C(N)C(=O)N1CCC(C)C1CO. The Morgan fingerprint density at radius 2 is 2.25 bits per heavy atom. The standard InChI is InChI=1S/C12H24N2O2/c1-4-8(2)11(13)12(16)14-6-5-9(3)10(14)7-15/h8-11,15H,4-7,13H2,1-3H3. The number of aliphatic hydroxyl groups excluding tert-OH is 1. The Labute approximate surface area is 97.8 Å². The first-order chi connectivity index (χ1) is 7.52. The summed E-state index contributed by atoms with van der Waals surface area (Å²) in [7, 11) is 0. The summed E-state index contributed by atoms with van der Waals surface area (Å²) in [6.45, 7) is 6.88. The van der Waals surface area contributed by atoms with Crippen LogP contribution >= 0.6 is 0 Å². The minimum Gasteiger partial charge on any atom is -0.394 e. The van der Waals surface area contributed by atoms with Crippen molar-refractivity contribution in [3.8, 4) is 0 Å². The Balaban J connectivity index is 2.66. The van der Waals surface area contributed by atoms with Crippen LogP contribution in [0.1, 0.15) is 33.6 Å². The molecule has 3 N–H and O–H groups in total. The zero-order valence-electron chi connectivity index (χ0n) is 10.5. The number of carbonyl (C=O) groups is 1. The fourth-order valence-electron chi connectivity index (χ4n) is 2.25. The molecular formula is C12H24N2O2. The van der Waals surface area contributed by atoms with Crippen LogP contribution in [0.2, 0.25) is 0 Å². The molecule has 0 aromatic carbocycles. The van der Waals surface area contributed by atoms with Crippen molar-refractivity contribution in [2.24, 2.45) is 17.6 Å². The molecule has 1 amide bonds. The summed E-state index contributed by atoms with van der Waals surface area (Å²) in [5.41, 5.74) is 5.94. The van der Waals surface area contributed by atoms with Gasteiger partial charge in [0.2, 0.25) is 5.91 Å². The molecule has 1 heterocycles. The van der Waals surface area contributed by atoms with E-state index in [0.29, 0.717) is 5.92 Å². The second-order valence-corrected chi connectivity index (χ2v) is 4.96. The van der Waals surface area contributed by atoms with Crippen molar-refractivity contribution in [1.29, 1.82) is 0 Å². The van der Waals surface area contributed by atoms with Gasteiger partial charge in [-0.05, 0) is 18.3 Å². The first-order valence-electron chi connectivity index (χ1n) is 6.19. The molecule has 16 heavy (non-hydrogen) atoms. The van der Waals surface area contributed by atoms with E-state index in [-0.39, 0.29) is 24.5 Å². The highest BCUT2D eigenvalue weighted by Crippen LogP contribution is 2.25. The quantitative estimate of drug-likeness (QED) is 0.740. The van der Waals surface area contributed by atoms with Crippen LogP contribution in [0.3, 0.4) is 0 Å². The molecule has 1 aliphatic rings. The van der Waals surface area contributed by atoms with Crippen LogP contribution < -0.4 is 5.73 Å². The number of hydrogen-bond donors (Lipinski definition) is 2. The molecule has 0 saturated carbocycles. The number of amides is 1. The molecule has 0 bridgehead atoms. The Morgan fingerprint density at radius 3 is 2.75 bits per heavy atom. The number of nitrogens with zero attached hydrogens (tertiary/aromatic N) is 1. The first kappa shape index (κ1) is 13.5. The van der Waals surface area contributed by atoms with Gasteiger partial charge in [-0.2, -0.15) is 0 Å². The zero-order chi connectivity index (χ0) is 12.3. The van der Waals surface area contributed by atoms with Crippen LogP contribution in [0, 0.1) is 11.8 Å². The second kappa shape index (κ2) is 5.64. The van der Waals surface area contributed by atoms with Gasteiger partial charge in [0, 0.05) is 6.54 Å². The summed E-state index contributed by atoms with van der Waals surface area (Å²) in [4.78, 5) is 13.9. The number of hydrogen-bond acceptors (Lipinski definition) is 3. The lowest BCUT2D eigenvalue weighted by Gasteiger charge is -2.29. The van der Waals surface area contributed by atoms with Gasteiger partial charge in [-0.1, -0.05) is 27.2 Å². The summed E-state index contributed by atoms with van der Waals surface area (Å²) in [5.74, 6) is 0.568. The predicted octanol–water partition coefficient (Wildman–Crippen LogP) is 0.589. The molecule has 0 aromatic heterocycles. The minimum atomic E-state index is -0.427. The smallest absolute Gasteiger partial charge is 0.240 e. The molecular weight excluding hydrogens is 204 g/mol. The van der Waals surface area contributed by atoms with Gasteiger partial charge >= 0.3 is 0 Å². The lowest BCUT2D eigenvalue weighted by Crippen LogP contribution is -2.50. The van der Waals surface area contributed by atoms with Crippen LogP contribution in [-0.4, -0.2) is 41.1 Å². The van der Waals surface area contributed by atoms with E-state index >= 15 is 0 Å². The molecule has 0 aromatic rings. The van der Waals surface area contributed by atoms with E-state index in [9.17, 15) is 9.90 Å². The molecule has 0 radical (unpaired) electrons.